The van der Waals surface area contributed by atoms with E-state index in [4.69, 9.17) is 5.73 Å². The van der Waals surface area contributed by atoms with Crippen LogP contribution in [-0.2, 0) is 17.8 Å². The van der Waals surface area contributed by atoms with Crippen molar-refractivity contribution in [3.63, 3.8) is 0 Å². The standard InChI is InChI=1S/C11H14F4N2OS/c12-10(13)11(14,15)5-18-4-8-17-9-6(16)2-1-3-7(9)19-8/h6,10H,1-5,16H2. The van der Waals surface area contributed by atoms with Crippen molar-refractivity contribution in [2.24, 2.45) is 5.73 Å². The second-order valence-electron chi connectivity index (χ2n) is 4.47. The molecular weight excluding hydrogens is 284 g/mol. The fourth-order valence-corrected chi connectivity index (χ4v) is 3.02. The van der Waals surface area contributed by atoms with Gasteiger partial charge >= 0.3 is 12.3 Å². The van der Waals surface area contributed by atoms with E-state index in [-0.39, 0.29) is 12.6 Å². The zero-order valence-corrected chi connectivity index (χ0v) is 10.9. The highest BCUT2D eigenvalue weighted by Gasteiger charge is 2.41. The van der Waals surface area contributed by atoms with Gasteiger partial charge in [0, 0.05) is 10.9 Å². The molecule has 2 rings (SSSR count). The van der Waals surface area contributed by atoms with Gasteiger partial charge in [-0.15, -0.1) is 11.3 Å². The summed E-state index contributed by atoms with van der Waals surface area (Å²) in [6.45, 7) is -1.49. The van der Waals surface area contributed by atoms with E-state index >= 15 is 0 Å². The van der Waals surface area contributed by atoms with Crippen LogP contribution in [0.2, 0.25) is 0 Å². The molecule has 1 aliphatic rings. The summed E-state index contributed by atoms with van der Waals surface area (Å²) >= 11 is 1.35. The molecule has 0 spiro atoms. The van der Waals surface area contributed by atoms with E-state index < -0.39 is 19.0 Å². The van der Waals surface area contributed by atoms with E-state index in [1.807, 2.05) is 0 Å². The Bertz CT molecular complexity index is 438. The second kappa shape index (κ2) is 5.72. The van der Waals surface area contributed by atoms with E-state index in [1.54, 1.807) is 0 Å². The number of hydrogen-bond donors (Lipinski definition) is 1. The van der Waals surface area contributed by atoms with E-state index in [0.717, 1.165) is 29.8 Å². The van der Waals surface area contributed by atoms with Crippen molar-refractivity contribution in [1.82, 2.24) is 4.98 Å². The Kier molecular flexibility index (Phi) is 4.42. The fraction of sp³-hybridized carbons (Fsp3) is 0.727. The summed E-state index contributed by atoms with van der Waals surface area (Å²) in [6, 6.07) is -0.128. The van der Waals surface area contributed by atoms with Gasteiger partial charge in [-0.25, -0.2) is 13.8 Å². The van der Waals surface area contributed by atoms with Gasteiger partial charge in [0.15, 0.2) is 0 Å². The minimum absolute atomic E-state index is 0.128. The van der Waals surface area contributed by atoms with Crippen LogP contribution in [0.4, 0.5) is 17.6 Å². The fourth-order valence-electron chi connectivity index (χ4n) is 1.90. The molecule has 1 unspecified atom stereocenters. The summed E-state index contributed by atoms with van der Waals surface area (Å²) in [7, 11) is 0. The van der Waals surface area contributed by atoms with Crippen molar-refractivity contribution < 1.29 is 22.3 Å². The van der Waals surface area contributed by atoms with Crippen molar-refractivity contribution >= 4 is 11.3 Å². The molecule has 19 heavy (non-hydrogen) atoms. The quantitative estimate of drug-likeness (QED) is 0.850. The van der Waals surface area contributed by atoms with Gasteiger partial charge in [0.2, 0.25) is 0 Å². The first-order valence-electron chi connectivity index (χ1n) is 5.88. The molecule has 3 nitrogen and oxygen atoms in total. The highest BCUT2D eigenvalue weighted by molar-refractivity contribution is 7.11. The second-order valence-corrected chi connectivity index (χ2v) is 5.64. The first-order valence-corrected chi connectivity index (χ1v) is 6.69. The Balaban J connectivity index is 1.91. The Labute approximate surface area is 111 Å². The molecule has 0 radical (unpaired) electrons. The Morgan fingerprint density at radius 3 is 2.84 bits per heavy atom. The maximum Gasteiger partial charge on any atom is 0.330 e. The molecule has 8 heteroatoms. The Hall–Kier alpha value is -0.730. The third kappa shape index (κ3) is 3.43. The summed E-state index contributed by atoms with van der Waals surface area (Å²) in [5, 5.41) is 0.507. The number of thiazole rings is 1. The van der Waals surface area contributed by atoms with E-state index in [2.05, 4.69) is 9.72 Å². The zero-order valence-electron chi connectivity index (χ0n) is 10.0. The average molecular weight is 298 g/mol. The third-order valence-electron chi connectivity index (χ3n) is 2.88. The van der Waals surface area contributed by atoms with E-state index in [0.29, 0.717) is 5.01 Å². The lowest BCUT2D eigenvalue weighted by molar-refractivity contribution is -0.168. The van der Waals surface area contributed by atoms with Crippen LogP contribution < -0.4 is 5.73 Å². The van der Waals surface area contributed by atoms with Crippen LogP contribution in [-0.4, -0.2) is 23.9 Å². The number of nitrogens with two attached hydrogens (primary N) is 1. The van der Waals surface area contributed by atoms with Gasteiger partial charge < -0.3 is 10.5 Å². The number of hydrogen-bond acceptors (Lipinski definition) is 4. The van der Waals surface area contributed by atoms with Gasteiger partial charge in [-0.1, -0.05) is 0 Å². The molecular formula is C11H14F4N2OS. The van der Waals surface area contributed by atoms with Crippen molar-refractivity contribution in [1.29, 1.82) is 0 Å². The van der Waals surface area contributed by atoms with Gasteiger partial charge in [0.05, 0.1) is 12.3 Å². The zero-order chi connectivity index (χ0) is 14.0. The number of aromatic nitrogens is 1. The van der Waals surface area contributed by atoms with Gasteiger partial charge in [-0.2, -0.15) is 8.78 Å². The first-order chi connectivity index (χ1) is 8.90. The molecule has 2 N–H and O–H groups in total. The van der Waals surface area contributed by atoms with Crippen LogP contribution in [0.3, 0.4) is 0 Å². The molecule has 1 aliphatic carbocycles. The van der Waals surface area contributed by atoms with Gasteiger partial charge in [-0.3, -0.25) is 0 Å². The molecule has 1 atom stereocenters. The van der Waals surface area contributed by atoms with Gasteiger partial charge in [-0.05, 0) is 19.3 Å². The molecule has 1 aromatic heterocycles. The molecule has 108 valence electrons. The van der Waals surface area contributed by atoms with Crippen molar-refractivity contribution in [3.05, 3.63) is 15.6 Å². The maximum atomic E-state index is 12.6. The van der Waals surface area contributed by atoms with Crippen LogP contribution in [0.25, 0.3) is 0 Å². The molecule has 0 fully saturated rings. The lowest BCUT2D eigenvalue weighted by atomic mass is 9.99. The van der Waals surface area contributed by atoms with Gasteiger partial charge in [0.1, 0.15) is 11.6 Å². The Morgan fingerprint density at radius 2 is 2.21 bits per heavy atom. The predicted octanol–water partition coefficient (Wildman–Crippen LogP) is 2.90. The number of alkyl halides is 4. The van der Waals surface area contributed by atoms with E-state index in [9.17, 15) is 17.6 Å². The van der Waals surface area contributed by atoms with Crippen LogP contribution in [0, 0.1) is 0 Å². The lowest BCUT2D eigenvalue weighted by Crippen LogP contribution is -2.32. The molecule has 0 saturated carbocycles. The molecule has 1 aromatic rings. The summed E-state index contributed by atoms with van der Waals surface area (Å²) in [6.07, 6.45) is -1.03. The average Bonchev–Trinajstić information content (AvgIpc) is 2.73. The summed E-state index contributed by atoms with van der Waals surface area (Å²) in [5.41, 5.74) is 6.67. The monoisotopic (exact) mass is 298 g/mol. The molecule has 0 bridgehead atoms. The van der Waals surface area contributed by atoms with Crippen LogP contribution >= 0.6 is 11.3 Å². The van der Waals surface area contributed by atoms with Crippen molar-refractivity contribution in [3.8, 4) is 0 Å². The smallest absolute Gasteiger partial charge is 0.330 e. The van der Waals surface area contributed by atoms with Crippen LogP contribution in [0.1, 0.15) is 34.5 Å². The summed E-state index contributed by atoms with van der Waals surface area (Å²) in [4.78, 5) is 5.27. The lowest BCUT2D eigenvalue weighted by Gasteiger charge is -2.15. The van der Waals surface area contributed by atoms with E-state index in [1.165, 1.54) is 11.3 Å². The molecule has 1 heterocycles. The highest BCUT2D eigenvalue weighted by atomic mass is 32.1. The molecule has 0 amide bonds. The molecule has 0 aliphatic heterocycles. The van der Waals surface area contributed by atoms with Crippen LogP contribution in [0.5, 0.6) is 0 Å². The summed E-state index contributed by atoms with van der Waals surface area (Å²) < 4.78 is 53.7. The molecule has 0 aromatic carbocycles. The minimum atomic E-state index is -4.12. The SMILES string of the molecule is NC1CCCc2sc(COCC(F)(F)C(F)F)nc21. The number of aryl methyl sites for hydroxylation is 1. The predicted molar refractivity (Wildman–Crippen MR) is 62.6 cm³/mol. The normalized spacial score (nSPS) is 19.8. The first kappa shape index (κ1) is 14.7. The summed E-state index contributed by atoms with van der Waals surface area (Å²) in [5.74, 6) is -4.12. The highest BCUT2D eigenvalue weighted by Crippen LogP contribution is 2.32. The largest absolute Gasteiger partial charge is 0.368 e. The van der Waals surface area contributed by atoms with Crippen LogP contribution in [0.15, 0.2) is 0 Å². The number of fused-ring (bicyclic) bond motifs is 1. The number of rotatable bonds is 5. The molecule has 0 saturated heterocycles. The van der Waals surface area contributed by atoms with Gasteiger partial charge in [0.25, 0.3) is 0 Å². The number of nitrogens with zero attached hydrogens (tertiary/aromatic N) is 1. The number of ether oxygens (including phenoxy) is 1. The van der Waals surface area contributed by atoms with Crippen molar-refractivity contribution in [2.45, 2.75) is 44.3 Å². The third-order valence-corrected chi connectivity index (χ3v) is 3.99. The minimum Gasteiger partial charge on any atom is -0.368 e. The number of halogens is 4. The Morgan fingerprint density at radius 1 is 1.47 bits per heavy atom. The maximum absolute atomic E-state index is 12.6. The van der Waals surface area contributed by atoms with Crippen molar-refractivity contribution in [2.75, 3.05) is 6.61 Å². The topological polar surface area (TPSA) is 48.1 Å².